The fourth-order valence-electron chi connectivity index (χ4n) is 4.10. The number of piperazine rings is 1. The monoisotopic (exact) mass is 422 g/mol. The summed E-state index contributed by atoms with van der Waals surface area (Å²) in [7, 11) is 0. The predicted octanol–water partition coefficient (Wildman–Crippen LogP) is 1.94. The summed E-state index contributed by atoms with van der Waals surface area (Å²) >= 11 is 0. The van der Waals surface area contributed by atoms with Crippen LogP contribution in [0.1, 0.15) is 36.0 Å². The SMILES string of the molecule is O=C(NCC(=O)N1CCN(c2ccc(N3CCCCCC3)nn2)CC1)c1ccccc1. The van der Waals surface area contributed by atoms with Crippen molar-refractivity contribution in [3.63, 3.8) is 0 Å². The first-order valence-corrected chi connectivity index (χ1v) is 11.2. The normalized spacial score (nSPS) is 17.2. The van der Waals surface area contributed by atoms with Crippen molar-refractivity contribution in [2.75, 3.05) is 55.6 Å². The van der Waals surface area contributed by atoms with Crippen molar-refractivity contribution in [1.82, 2.24) is 20.4 Å². The number of nitrogens with one attached hydrogen (secondary N) is 1. The second-order valence-electron chi connectivity index (χ2n) is 8.07. The number of carbonyl (C=O) groups excluding carboxylic acids is 2. The summed E-state index contributed by atoms with van der Waals surface area (Å²) in [5.41, 5.74) is 0.558. The predicted molar refractivity (Wildman–Crippen MR) is 120 cm³/mol. The van der Waals surface area contributed by atoms with E-state index in [-0.39, 0.29) is 18.4 Å². The molecule has 8 heteroatoms. The van der Waals surface area contributed by atoms with Crippen molar-refractivity contribution in [3.05, 3.63) is 48.0 Å². The van der Waals surface area contributed by atoms with E-state index in [0.29, 0.717) is 31.7 Å². The highest BCUT2D eigenvalue weighted by Gasteiger charge is 2.23. The molecule has 164 valence electrons. The molecule has 8 nitrogen and oxygen atoms in total. The van der Waals surface area contributed by atoms with Crippen molar-refractivity contribution in [3.8, 4) is 0 Å². The summed E-state index contributed by atoms with van der Waals surface area (Å²) in [6.45, 7) is 4.74. The first-order chi connectivity index (χ1) is 15.2. The molecule has 0 saturated carbocycles. The number of nitrogens with zero attached hydrogens (tertiary/aromatic N) is 5. The van der Waals surface area contributed by atoms with Gasteiger partial charge < -0.3 is 20.0 Å². The van der Waals surface area contributed by atoms with Crippen molar-refractivity contribution >= 4 is 23.5 Å². The summed E-state index contributed by atoms with van der Waals surface area (Å²) in [5.74, 6) is 1.51. The molecule has 2 aliphatic rings. The van der Waals surface area contributed by atoms with Crippen LogP contribution in [-0.2, 0) is 4.79 Å². The molecule has 0 radical (unpaired) electrons. The lowest BCUT2D eigenvalue weighted by atomic mass is 10.2. The maximum atomic E-state index is 12.5. The molecule has 2 fully saturated rings. The number of aromatic nitrogens is 2. The van der Waals surface area contributed by atoms with E-state index in [1.54, 1.807) is 29.2 Å². The molecular weight excluding hydrogens is 392 g/mol. The first-order valence-electron chi connectivity index (χ1n) is 11.2. The van der Waals surface area contributed by atoms with Gasteiger partial charge in [0.05, 0.1) is 6.54 Å². The Morgan fingerprint density at radius 1 is 0.742 bits per heavy atom. The van der Waals surface area contributed by atoms with E-state index in [9.17, 15) is 9.59 Å². The van der Waals surface area contributed by atoms with Crippen LogP contribution < -0.4 is 15.1 Å². The largest absolute Gasteiger partial charge is 0.355 e. The van der Waals surface area contributed by atoms with E-state index >= 15 is 0 Å². The number of amides is 2. The summed E-state index contributed by atoms with van der Waals surface area (Å²) in [4.78, 5) is 30.9. The molecule has 0 unspecified atom stereocenters. The van der Waals surface area contributed by atoms with E-state index in [0.717, 1.165) is 24.7 Å². The Bertz CT molecular complexity index is 857. The fraction of sp³-hybridized carbons (Fsp3) is 0.478. The van der Waals surface area contributed by atoms with Crippen LogP contribution in [0.25, 0.3) is 0 Å². The summed E-state index contributed by atoms with van der Waals surface area (Å²) in [6.07, 6.45) is 5.01. The van der Waals surface area contributed by atoms with E-state index in [2.05, 4.69) is 31.4 Å². The van der Waals surface area contributed by atoms with Crippen LogP contribution in [0.4, 0.5) is 11.6 Å². The molecule has 0 bridgehead atoms. The lowest BCUT2D eigenvalue weighted by molar-refractivity contribution is -0.130. The van der Waals surface area contributed by atoms with Crippen LogP contribution >= 0.6 is 0 Å². The van der Waals surface area contributed by atoms with Crippen LogP contribution in [0, 0.1) is 0 Å². The Labute approximate surface area is 183 Å². The number of anilines is 2. The van der Waals surface area contributed by atoms with Gasteiger partial charge in [0.2, 0.25) is 5.91 Å². The Morgan fingerprint density at radius 3 is 1.90 bits per heavy atom. The molecule has 4 rings (SSSR count). The Balaban J connectivity index is 1.24. The zero-order valence-electron chi connectivity index (χ0n) is 17.9. The molecule has 1 aromatic carbocycles. The molecule has 1 aromatic heterocycles. The van der Waals surface area contributed by atoms with Gasteiger partial charge in [0.1, 0.15) is 0 Å². The third kappa shape index (κ3) is 5.51. The minimum Gasteiger partial charge on any atom is -0.355 e. The van der Waals surface area contributed by atoms with E-state index in [1.165, 1.54) is 25.7 Å². The van der Waals surface area contributed by atoms with E-state index in [1.807, 2.05) is 12.1 Å². The van der Waals surface area contributed by atoms with Gasteiger partial charge in [-0.1, -0.05) is 31.0 Å². The highest BCUT2D eigenvalue weighted by molar-refractivity contribution is 5.96. The molecule has 2 aromatic rings. The fourth-order valence-corrected chi connectivity index (χ4v) is 4.10. The van der Waals surface area contributed by atoms with Crippen molar-refractivity contribution in [2.24, 2.45) is 0 Å². The number of hydrogen-bond donors (Lipinski definition) is 1. The standard InChI is InChI=1S/C23H30N6O2/c30-22(18-24-23(31)19-8-4-3-5-9-19)29-16-14-28(15-17-29)21-11-10-20(25-26-21)27-12-6-1-2-7-13-27/h3-5,8-11H,1-2,6-7,12-18H2,(H,24,31). The van der Waals surface area contributed by atoms with Gasteiger partial charge in [0.25, 0.3) is 5.91 Å². The van der Waals surface area contributed by atoms with Crippen LogP contribution in [0.5, 0.6) is 0 Å². The lowest BCUT2D eigenvalue weighted by Gasteiger charge is -2.35. The number of benzene rings is 1. The Kier molecular flexibility index (Phi) is 6.96. The lowest BCUT2D eigenvalue weighted by Crippen LogP contribution is -2.51. The molecule has 2 amide bonds. The number of rotatable bonds is 5. The molecule has 3 heterocycles. The van der Waals surface area contributed by atoms with Gasteiger partial charge in [-0.05, 0) is 37.1 Å². The van der Waals surface area contributed by atoms with Gasteiger partial charge in [0, 0.05) is 44.8 Å². The average molecular weight is 423 g/mol. The maximum Gasteiger partial charge on any atom is 0.251 e. The van der Waals surface area contributed by atoms with Crippen LogP contribution in [0.2, 0.25) is 0 Å². The van der Waals surface area contributed by atoms with Gasteiger partial charge in [-0.3, -0.25) is 9.59 Å². The van der Waals surface area contributed by atoms with Crippen LogP contribution in [0.3, 0.4) is 0 Å². The molecule has 0 atom stereocenters. The van der Waals surface area contributed by atoms with Gasteiger partial charge in [-0.15, -0.1) is 10.2 Å². The zero-order chi connectivity index (χ0) is 21.5. The number of carbonyl (C=O) groups is 2. The molecule has 2 aliphatic heterocycles. The van der Waals surface area contributed by atoms with Crippen molar-refractivity contribution in [2.45, 2.75) is 25.7 Å². The average Bonchev–Trinajstić information content (AvgIpc) is 3.13. The minimum absolute atomic E-state index is 0.0120. The van der Waals surface area contributed by atoms with E-state index < -0.39 is 0 Å². The minimum atomic E-state index is -0.229. The Hall–Kier alpha value is -3.16. The summed E-state index contributed by atoms with van der Waals surface area (Å²) in [6, 6.07) is 13.0. The van der Waals surface area contributed by atoms with Gasteiger partial charge >= 0.3 is 0 Å². The third-order valence-electron chi connectivity index (χ3n) is 5.96. The van der Waals surface area contributed by atoms with Gasteiger partial charge in [-0.25, -0.2) is 0 Å². The molecule has 0 aliphatic carbocycles. The second kappa shape index (κ2) is 10.2. The summed E-state index contributed by atoms with van der Waals surface area (Å²) in [5, 5.41) is 11.6. The van der Waals surface area contributed by atoms with Crippen LogP contribution in [-0.4, -0.2) is 72.7 Å². The smallest absolute Gasteiger partial charge is 0.251 e. The molecule has 2 saturated heterocycles. The number of hydrogen-bond acceptors (Lipinski definition) is 6. The quantitative estimate of drug-likeness (QED) is 0.793. The topological polar surface area (TPSA) is 81.7 Å². The zero-order valence-corrected chi connectivity index (χ0v) is 17.9. The molecule has 0 spiro atoms. The highest BCUT2D eigenvalue weighted by Crippen LogP contribution is 2.19. The highest BCUT2D eigenvalue weighted by atomic mass is 16.2. The second-order valence-corrected chi connectivity index (χ2v) is 8.07. The van der Waals surface area contributed by atoms with Gasteiger partial charge in [-0.2, -0.15) is 0 Å². The molecular formula is C23H30N6O2. The van der Waals surface area contributed by atoms with E-state index in [4.69, 9.17) is 0 Å². The van der Waals surface area contributed by atoms with Gasteiger partial charge in [0.15, 0.2) is 11.6 Å². The van der Waals surface area contributed by atoms with Crippen molar-refractivity contribution in [1.29, 1.82) is 0 Å². The van der Waals surface area contributed by atoms with Crippen LogP contribution in [0.15, 0.2) is 42.5 Å². The third-order valence-corrected chi connectivity index (χ3v) is 5.96. The van der Waals surface area contributed by atoms with Crippen molar-refractivity contribution < 1.29 is 9.59 Å². The molecule has 31 heavy (non-hydrogen) atoms. The summed E-state index contributed by atoms with van der Waals surface area (Å²) < 4.78 is 0. The molecule has 1 N–H and O–H groups in total. The maximum absolute atomic E-state index is 12.5. The Morgan fingerprint density at radius 2 is 1.32 bits per heavy atom. The first kappa shape index (κ1) is 21.1.